The molecular formula is C13H27NO. The Labute approximate surface area is 94.8 Å². The predicted octanol–water partition coefficient (Wildman–Crippen LogP) is 2.97. The summed E-state index contributed by atoms with van der Waals surface area (Å²) >= 11 is 0. The SMILES string of the molecule is CCC(CC)CNC(C)CC1CCCO1. The second-order valence-corrected chi connectivity index (χ2v) is 4.86. The molecule has 2 unspecified atom stereocenters. The van der Waals surface area contributed by atoms with Gasteiger partial charge in [0.15, 0.2) is 0 Å². The van der Waals surface area contributed by atoms with Crippen molar-refractivity contribution in [3.05, 3.63) is 0 Å². The fourth-order valence-corrected chi connectivity index (χ4v) is 2.25. The van der Waals surface area contributed by atoms with E-state index < -0.39 is 0 Å². The van der Waals surface area contributed by atoms with Crippen LogP contribution >= 0.6 is 0 Å². The topological polar surface area (TPSA) is 21.3 Å². The molecule has 0 spiro atoms. The molecule has 1 saturated heterocycles. The molecule has 1 N–H and O–H groups in total. The molecule has 0 aromatic carbocycles. The third kappa shape index (κ3) is 4.98. The van der Waals surface area contributed by atoms with Crippen molar-refractivity contribution in [1.82, 2.24) is 5.32 Å². The molecule has 1 rings (SSSR count). The van der Waals surface area contributed by atoms with Gasteiger partial charge in [0.2, 0.25) is 0 Å². The summed E-state index contributed by atoms with van der Waals surface area (Å²) in [5.74, 6) is 0.844. The lowest BCUT2D eigenvalue weighted by molar-refractivity contribution is 0.0958. The zero-order chi connectivity index (χ0) is 11.1. The van der Waals surface area contributed by atoms with E-state index in [9.17, 15) is 0 Å². The lowest BCUT2D eigenvalue weighted by Gasteiger charge is -2.20. The van der Waals surface area contributed by atoms with Crippen LogP contribution in [0.4, 0.5) is 0 Å². The van der Waals surface area contributed by atoms with E-state index in [1.54, 1.807) is 0 Å². The molecule has 0 aromatic heterocycles. The molecule has 0 bridgehead atoms. The highest BCUT2D eigenvalue weighted by molar-refractivity contribution is 4.72. The molecule has 0 aliphatic carbocycles. The highest BCUT2D eigenvalue weighted by Crippen LogP contribution is 2.17. The van der Waals surface area contributed by atoms with E-state index in [2.05, 4.69) is 26.1 Å². The average Bonchev–Trinajstić information content (AvgIpc) is 2.72. The van der Waals surface area contributed by atoms with Gasteiger partial charge in [-0.2, -0.15) is 0 Å². The van der Waals surface area contributed by atoms with E-state index in [1.807, 2.05) is 0 Å². The third-order valence-corrected chi connectivity index (χ3v) is 3.55. The van der Waals surface area contributed by atoms with E-state index in [1.165, 1.54) is 38.6 Å². The van der Waals surface area contributed by atoms with E-state index in [0.29, 0.717) is 12.1 Å². The molecule has 1 aliphatic heterocycles. The molecule has 0 amide bonds. The minimum Gasteiger partial charge on any atom is -0.378 e. The van der Waals surface area contributed by atoms with Crippen LogP contribution in [0.3, 0.4) is 0 Å². The molecule has 15 heavy (non-hydrogen) atoms. The number of hydrogen-bond donors (Lipinski definition) is 1. The standard InChI is InChI=1S/C13H27NO/c1-4-12(5-2)10-14-11(3)9-13-7-6-8-15-13/h11-14H,4-10H2,1-3H3. The minimum absolute atomic E-state index is 0.522. The van der Waals surface area contributed by atoms with Crippen LogP contribution in [-0.2, 0) is 4.74 Å². The van der Waals surface area contributed by atoms with Crippen LogP contribution in [0.1, 0.15) is 52.9 Å². The summed E-state index contributed by atoms with van der Waals surface area (Å²) in [6, 6.07) is 0.605. The van der Waals surface area contributed by atoms with E-state index in [4.69, 9.17) is 4.74 Å². The fraction of sp³-hybridized carbons (Fsp3) is 1.00. The smallest absolute Gasteiger partial charge is 0.0590 e. The Kier molecular flexibility index (Phi) is 6.26. The Morgan fingerprint density at radius 3 is 2.60 bits per heavy atom. The first-order chi connectivity index (χ1) is 7.26. The van der Waals surface area contributed by atoms with Gasteiger partial charge < -0.3 is 10.1 Å². The monoisotopic (exact) mass is 213 g/mol. The van der Waals surface area contributed by atoms with Gasteiger partial charge in [0.1, 0.15) is 0 Å². The van der Waals surface area contributed by atoms with Crippen molar-refractivity contribution in [2.45, 2.75) is 65.0 Å². The van der Waals surface area contributed by atoms with Crippen molar-refractivity contribution < 1.29 is 4.74 Å². The molecule has 90 valence electrons. The van der Waals surface area contributed by atoms with Crippen molar-refractivity contribution in [1.29, 1.82) is 0 Å². The first kappa shape index (κ1) is 13.0. The Hall–Kier alpha value is -0.0800. The van der Waals surface area contributed by atoms with Crippen molar-refractivity contribution in [2.75, 3.05) is 13.2 Å². The molecular weight excluding hydrogens is 186 g/mol. The zero-order valence-electron chi connectivity index (χ0n) is 10.6. The first-order valence-electron chi connectivity index (χ1n) is 6.61. The van der Waals surface area contributed by atoms with Crippen molar-refractivity contribution in [2.24, 2.45) is 5.92 Å². The Morgan fingerprint density at radius 1 is 1.33 bits per heavy atom. The Morgan fingerprint density at radius 2 is 2.07 bits per heavy atom. The van der Waals surface area contributed by atoms with Gasteiger partial charge in [-0.25, -0.2) is 0 Å². The van der Waals surface area contributed by atoms with Gasteiger partial charge in [0.05, 0.1) is 6.10 Å². The fourth-order valence-electron chi connectivity index (χ4n) is 2.25. The van der Waals surface area contributed by atoms with Gasteiger partial charge in [-0.3, -0.25) is 0 Å². The van der Waals surface area contributed by atoms with Gasteiger partial charge in [0.25, 0.3) is 0 Å². The lowest BCUT2D eigenvalue weighted by Crippen LogP contribution is -2.33. The molecule has 1 aliphatic rings. The van der Waals surface area contributed by atoms with Crippen LogP contribution in [-0.4, -0.2) is 25.3 Å². The minimum atomic E-state index is 0.522. The maximum absolute atomic E-state index is 5.64. The molecule has 2 heteroatoms. The largest absolute Gasteiger partial charge is 0.378 e. The maximum Gasteiger partial charge on any atom is 0.0590 e. The Bertz CT molecular complexity index is 151. The summed E-state index contributed by atoms with van der Waals surface area (Å²) < 4.78 is 5.64. The number of rotatable bonds is 7. The highest BCUT2D eigenvalue weighted by Gasteiger charge is 2.18. The summed E-state index contributed by atoms with van der Waals surface area (Å²) in [5, 5.41) is 3.63. The van der Waals surface area contributed by atoms with Gasteiger partial charge in [-0.05, 0) is 38.6 Å². The maximum atomic E-state index is 5.64. The van der Waals surface area contributed by atoms with Gasteiger partial charge in [-0.1, -0.05) is 26.7 Å². The van der Waals surface area contributed by atoms with Crippen molar-refractivity contribution in [3.63, 3.8) is 0 Å². The number of hydrogen-bond acceptors (Lipinski definition) is 2. The second-order valence-electron chi connectivity index (χ2n) is 4.86. The predicted molar refractivity (Wildman–Crippen MR) is 65.1 cm³/mol. The van der Waals surface area contributed by atoms with Crippen LogP contribution in [0.2, 0.25) is 0 Å². The summed E-state index contributed by atoms with van der Waals surface area (Å²) in [6.45, 7) is 8.98. The van der Waals surface area contributed by atoms with E-state index in [-0.39, 0.29) is 0 Å². The summed E-state index contributed by atoms with van der Waals surface area (Å²) in [4.78, 5) is 0. The quantitative estimate of drug-likeness (QED) is 0.702. The lowest BCUT2D eigenvalue weighted by atomic mass is 10.0. The van der Waals surface area contributed by atoms with E-state index >= 15 is 0 Å². The number of nitrogens with one attached hydrogen (secondary N) is 1. The molecule has 1 fully saturated rings. The number of ether oxygens (including phenoxy) is 1. The highest BCUT2D eigenvalue weighted by atomic mass is 16.5. The normalized spacial score (nSPS) is 23.6. The summed E-state index contributed by atoms with van der Waals surface area (Å²) in [6.07, 6.45) is 6.79. The molecule has 2 nitrogen and oxygen atoms in total. The second kappa shape index (κ2) is 7.24. The van der Waals surface area contributed by atoms with Gasteiger partial charge >= 0.3 is 0 Å². The first-order valence-corrected chi connectivity index (χ1v) is 6.61. The van der Waals surface area contributed by atoms with Gasteiger partial charge in [0, 0.05) is 12.6 Å². The van der Waals surface area contributed by atoms with Crippen LogP contribution in [0, 0.1) is 5.92 Å². The van der Waals surface area contributed by atoms with Crippen LogP contribution in [0.5, 0.6) is 0 Å². The van der Waals surface area contributed by atoms with Crippen LogP contribution in [0.15, 0.2) is 0 Å². The Balaban J connectivity index is 2.09. The van der Waals surface area contributed by atoms with Crippen molar-refractivity contribution in [3.8, 4) is 0 Å². The molecule has 0 saturated carbocycles. The zero-order valence-corrected chi connectivity index (χ0v) is 10.6. The van der Waals surface area contributed by atoms with Gasteiger partial charge in [-0.15, -0.1) is 0 Å². The molecule has 0 radical (unpaired) electrons. The summed E-state index contributed by atoms with van der Waals surface area (Å²) in [5.41, 5.74) is 0. The summed E-state index contributed by atoms with van der Waals surface area (Å²) in [7, 11) is 0. The van der Waals surface area contributed by atoms with Crippen LogP contribution < -0.4 is 5.32 Å². The molecule has 2 atom stereocenters. The van der Waals surface area contributed by atoms with Crippen LogP contribution in [0.25, 0.3) is 0 Å². The third-order valence-electron chi connectivity index (χ3n) is 3.55. The average molecular weight is 213 g/mol. The molecule has 1 heterocycles. The van der Waals surface area contributed by atoms with Crippen molar-refractivity contribution >= 4 is 0 Å². The van der Waals surface area contributed by atoms with E-state index in [0.717, 1.165) is 12.5 Å². The molecule has 0 aromatic rings.